The third kappa shape index (κ3) is 5.05. The standard InChI is InChI=1S/C12H14FN3O5/c1-12(2,6-10(17)18)15-11(19)14-7-3-4-9(16(20)21)8(13)5-7/h3-5H,6H2,1-2H3,(H,17,18)(H2,14,15,19). The number of urea groups is 1. The molecule has 1 aromatic carbocycles. The highest BCUT2D eigenvalue weighted by molar-refractivity contribution is 5.90. The van der Waals surface area contributed by atoms with E-state index < -0.39 is 34.0 Å². The SMILES string of the molecule is CC(C)(CC(=O)O)NC(=O)Nc1ccc([N+](=O)[O-])c(F)c1. The van der Waals surface area contributed by atoms with Crippen LogP contribution in [0.1, 0.15) is 20.3 Å². The summed E-state index contributed by atoms with van der Waals surface area (Å²) in [6.45, 7) is 3.02. The van der Waals surface area contributed by atoms with Gasteiger partial charge < -0.3 is 15.7 Å². The maximum absolute atomic E-state index is 13.4. The number of hydrogen-bond donors (Lipinski definition) is 3. The lowest BCUT2D eigenvalue weighted by Gasteiger charge is -2.24. The fraction of sp³-hybridized carbons (Fsp3) is 0.333. The number of aliphatic carboxylic acids is 1. The number of anilines is 1. The number of nitro benzene ring substituents is 1. The van der Waals surface area contributed by atoms with Gasteiger partial charge >= 0.3 is 17.7 Å². The van der Waals surface area contributed by atoms with Gasteiger partial charge in [0.1, 0.15) is 0 Å². The van der Waals surface area contributed by atoms with E-state index in [0.29, 0.717) is 0 Å². The van der Waals surface area contributed by atoms with Crippen LogP contribution in [-0.2, 0) is 4.79 Å². The first-order valence-electron chi connectivity index (χ1n) is 5.85. The molecule has 0 aromatic heterocycles. The molecule has 2 amide bonds. The van der Waals surface area contributed by atoms with Gasteiger partial charge in [0.2, 0.25) is 5.82 Å². The number of amides is 2. The van der Waals surface area contributed by atoms with Crippen LogP contribution in [0.5, 0.6) is 0 Å². The number of benzene rings is 1. The van der Waals surface area contributed by atoms with E-state index in [0.717, 1.165) is 12.1 Å². The molecule has 8 nitrogen and oxygen atoms in total. The number of carboxylic acid groups (broad SMARTS) is 1. The molecule has 0 aliphatic carbocycles. The minimum absolute atomic E-state index is 0.0155. The average molecular weight is 299 g/mol. The van der Waals surface area contributed by atoms with Crippen molar-refractivity contribution in [2.75, 3.05) is 5.32 Å². The molecule has 0 heterocycles. The Morgan fingerprint density at radius 1 is 1.43 bits per heavy atom. The topological polar surface area (TPSA) is 122 Å². The van der Waals surface area contributed by atoms with Gasteiger partial charge in [0.05, 0.1) is 11.3 Å². The molecule has 0 radical (unpaired) electrons. The number of nitrogens with one attached hydrogen (secondary N) is 2. The first-order chi connectivity index (χ1) is 9.60. The van der Waals surface area contributed by atoms with Gasteiger partial charge in [-0.1, -0.05) is 0 Å². The number of rotatable bonds is 5. The summed E-state index contributed by atoms with van der Waals surface area (Å²) in [6.07, 6.45) is -0.297. The number of carboxylic acids is 1. The van der Waals surface area contributed by atoms with E-state index in [1.54, 1.807) is 0 Å². The summed E-state index contributed by atoms with van der Waals surface area (Å²) in [5.74, 6) is -2.16. The van der Waals surface area contributed by atoms with Crippen LogP contribution in [0.4, 0.5) is 20.6 Å². The molecule has 0 saturated heterocycles. The summed E-state index contributed by atoms with van der Waals surface area (Å²) >= 11 is 0. The van der Waals surface area contributed by atoms with Crippen LogP contribution < -0.4 is 10.6 Å². The molecule has 0 aliphatic rings. The molecule has 0 spiro atoms. The summed E-state index contributed by atoms with van der Waals surface area (Å²) in [5, 5.41) is 23.8. The zero-order valence-corrected chi connectivity index (χ0v) is 11.3. The van der Waals surface area contributed by atoms with Crippen molar-refractivity contribution in [1.29, 1.82) is 0 Å². The van der Waals surface area contributed by atoms with Crippen LogP contribution in [0, 0.1) is 15.9 Å². The number of nitrogens with zero attached hydrogens (tertiary/aromatic N) is 1. The summed E-state index contributed by atoms with van der Waals surface area (Å²) < 4.78 is 13.4. The molecule has 3 N–H and O–H groups in total. The molecule has 0 unspecified atom stereocenters. The molecule has 114 valence electrons. The molecule has 0 atom stereocenters. The fourth-order valence-electron chi connectivity index (χ4n) is 1.62. The van der Waals surface area contributed by atoms with Crippen LogP contribution in [0.15, 0.2) is 18.2 Å². The Morgan fingerprint density at radius 2 is 2.05 bits per heavy atom. The van der Waals surface area contributed by atoms with Crippen LogP contribution in [-0.4, -0.2) is 27.6 Å². The van der Waals surface area contributed by atoms with Crippen molar-refractivity contribution in [3.63, 3.8) is 0 Å². The van der Waals surface area contributed by atoms with Crippen LogP contribution in [0.25, 0.3) is 0 Å². The first kappa shape index (κ1) is 16.3. The summed E-state index contributed by atoms with van der Waals surface area (Å²) in [4.78, 5) is 31.9. The number of halogens is 1. The Morgan fingerprint density at radius 3 is 2.52 bits per heavy atom. The third-order valence-corrected chi connectivity index (χ3v) is 2.45. The summed E-state index contributed by atoms with van der Waals surface area (Å²) in [6, 6.07) is 2.16. The molecule has 0 fully saturated rings. The monoisotopic (exact) mass is 299 g/mol. The number of carbonyl (C=O) groups is 2. The van der Waals surface area contributed by atoms with Crippen LogP contribution in [0.2, 0.25) is 0 Å². The highest BCUT2D eigenvalue weighted by Gasteiger charge is 2.24. The van der Waals surface area contributed by atoms with Gasteiger partial charge in [-0.15, -0.1) is 0 Å². The lowest BCUT2D eigenvalue weighted by Crippen LogP contribution is -2.46. The Labute approximate surface area is 119 Å². The van der Waals surface area contributed by atoms with E-state index >= 15 is 0 Å². The fourth-order valence-corrected chi connectivity index (χ4v) is 1.62. The van der Waals surface area contributed by atoms with Crippen LogP contribution in [0.3, 0.4) is 0 Å². The van der Waals surface area contributed by atoms with Gasteiger partial charge in [0, 0.05) is 23.4 Å². The van der Waals surface area contributed by atoms with Crippen LogP contribution >= 0.6 is 0 Å². The largest absolute Gasteiger partial charge is 0.481 e. The second-order valence-corrected chi connectivity index (χ2v) is 4.96. The Hall–Kier alpha value is -2.71. The highest BCUT2D eigenvalue weighted by Crippen LogP contribution is 2.20. The van der Waals surface area contributed by atoms with Gasteiger partial charge in [-0.05, 0) is 19.9 Å². The Balaban J connectivity index is 2.73. The minimum Gasteiger partial charge on any atom is -0.481 e. The van der Waals surface area contributed by atoms with E-state index in [1.807, 2.05) is 0 Å². The molecule has 21 heavy (non-hydrogen) atoms. The third-order valence-electron chi connectivity index (χ3n) is 2.45. The zero-order valence-electron chi connectivity index (χ0n) is 11.3. The van der Waals surface area contributed by atoms with Crippen molar-refractivity contribution in [1.82, 2.24) is 5.32 Å². The van der Waals surface area contributed by atoms with Crippen molar-refractivity contribution in [3.8, 4) is 0 Å². The predicted molar refractivity (Wildman–Crippen MR) is 71.5 cm³/mol. The van der Waals surface area contributed by atoms with Gasteiger partial charge in [0.25, 0.3) is 0 Å². The van der Waals surface area contributed by atoms with Gasteiger partial charge in [-0.2, -0.15) is 4.39 Å². The molecule has 1 rings (SSSR count). The Bertz CT molecular complexity index is 588. The minimum atomic E-state index is -1.08. The molecule has 0 bridgehead atoms. The van der Waals surface area contributed by atoms with E-state index in [9.17, 15) is 24.1 Å². The molecule has 0 saturated carbocycles. The highest BCUT2D eigenvalue weighted by atomic mass is 19.1. The smallest absolute Gasteiger partial charge is 0.319 e. The van der Waals surface area contributed by atoms with Gasteiger partial charge in [0.15, 0.2) is 0 Å². The second-order valence-electron chi connectivity index (χ2n) is 4.96. The van der Waals surface area contributed by atoms with E-state index in [2.05, 4.69) is 10.6 Å². The zero-order chi connectivity index (χ0) is 16.2. The lowest BCUT2D eigenvalue weighted by molar-refractivity contribution is -0.387. The van der Waals surface area contributed by atoms with E-state index in [4.69, 9.17) is 5.11 Å². The predicted octanol–water partition coefficient (Wildman–Crippen LogP) is 2.11. The maximum atomic E-state index is 13.4. The maximum Gasteiger partial charge on any atom is 0.319 e. The average Bonchev–Trinajstić information content (AvgIpc) is 2.24. The molecular formula is C12H14FN3O5. The molecule has 1 aromatic rings. The molecular weight excluding hydrogens is 285 g/mol. The number of carbonyl (C=O) groups excluding carboxylic acids is 1. The quantitative estimate of drug-likeness (QED) is 0.567. The van der Waals surface area contributed by atoms with Gasteiger partial charge in [-0.3, -0.25) is 14.9 Å². The second kappa shape index (κ2) is 6.16. The van der Waals surface area contributed by atoms with Gasteiger partial charge in [-0.25, -0.2) is 4.79 Å². The normalized spacial score (nSPS) is 10.8. The van der Waals surface area contributed by atoms with Crippen molar-refractivity contribution in [3.05, 3.63) is 34.1 Å². The molecule has 9 heteroatoms. The molecule has 0 aliphatic heterocycles. The Kier molecular flexibility index (Phi) is 4.79. The number of hydrogen-bond acceptors (Lipinski definition) is 4. The number of nitro groups is 1. The first-order valence-corrected chi connectivity index (χ1v) is 5.85. The van der Waals surface area contributed by atoms with Crippen molar-refractivity contribution in [2.24, 2.45) is 0 Å². The van der Waals surface area contributed by atoms with E-state index in [1.165, 1.54) is 19.9 Å². The van der Waals surface area contributed by atoms with E-state index in [-0.39, 0.29) is 12.1 Å². The summed E-state index contributed by atoms with van der Waals surface area (Å²) in [5.41, 5.74) is -1.69. The lowest BCUT2D eigenvalue weighted by atomic mass is 10.0. The van der Waals surface area contributed by atoms with Crippen molar-refractivity contribution >= 4 is 23.4 Å². The van der Waals surface area contributed by atoms with Crippen molar-refractivity contribution in [2.45, 2.75) is 25.8 Å². The van der Waals surface area contributed by atoms with Crippen molar-refractivity contribution < 1.29 is 24.0 Å². The summed E-state index contributed by atoms with van der Waals surface area (Å²) in [7, 11) is 0.